The van der Waals surface area contributed by atoms with E-state index in [1.165, 1.54) is 10.9 Å². The van der Waals surface area contributed by atoms with E-state index in [4.69, 9.17) is 0 Å². The molecule has 1 amide bonds. The van der Waals surface area contributed by atoms with Gasteiger partial charge in [0.1, 0.15) is 6.54 Å². The van der Waals surface area contributed by atoms with Gasteiger partial charge >= 0.3 is 0 Å². The largest absolute Gasteiger partial charge is 0.341 e. The van der Waals surface area contributed by atoms with Crippen molar-refractivity contribution in [1.82, 2.24) is 24.4 Å². The molecule has 158 valence electrons. The minimum atomic E-state index is -0.210. The Kier molecular flexibility index (Phi) is 5.19. The first-order valence-corrected chi connectivity index (χ1v) is 11.0. The maximum Gasteiger partial charge on any atom is 0.261 e. The second kappa shape index (κ2) is 8.14. The maximum atomic E-state index is 12.9. The fourth-order valence-corrected chi connectivity index (χ4v) is 4.32. The lowest BCUT2D eigenvalue weighted by Gasteiger charge is -2.22. The quantitative estimate of drug-likeness (QED) is 0.487. The van der Waals surface area contributed by atoms with Crippen LogP contribution in [0.1, 0.15) is 6.42 Å². The molecule has 9 heteroatoms. The topological polar surface area (TPSA) is 87.1 Å². The lowest BCUT2D eigenvalue weighted by Crippen LogP contribution is -2.39. The number of aromatic amines is 1. The molecule has 4 aromatic rings. The molecule has 1 saturated heterocycles. The van der Waals surface area contributed by atoms with Crippen LogP contribution < -0.4 is 10.5 Å². The molecule has 0 aliphatic carbocycles. The van der Waals surface area contributed by atoms with E-state index < -0.39 is 0 Å². The van der Waals surface area contributed by atoms with Gasteiger partial charge in [0, 0.05) is 30.7 Å². The van der Waals surface area contributed by atoms with Crippen molar-refractivity contribution in [2.45, 2.75) is 13.0 Å². The highest BCUT2D eigenvalue weighted by Crippen LogP contribution is 2.19. The zero-order valence-corrected chi connectivity index (χ0v) is 18.4. The minimum Gasteiger partial charge on any atom is -0.341 e. The molecule has 0 saturated carbocycles. The predicted octanol–water partition coefficient (Wildman–Crippen LogP) is 2.77. The maximum absolute atomic E-state index is 12.9. The van der Waals surface area contributed by atoms with Crippen LogP contribution in [0.5, 0.6) is 0 Å². The van der Waals surface area contributed by atoms with Gasteiger partial charge in [0.25, 0.3) is 5.56 Å². The molecular formula is C22H21BrN6O2. The Balaban J connectivity index is 1.30. The Morgan fingerprint density at radius 3 is 2.81 bits per heavy atom. The number of benzene rings is 2. The minimum absolute atomic E-state index is 0.0150. The highest BCUT2D eigenvalue weighted by molar-refractivity contribution is 9.10. The van der Waals surface area contributed by atoms with E-state index in [0.717, 1.165) is 34.4 Å². The summed E-state index contributed by atoms with van der Waals surface area (Å²) in [6, 6.07) is 13.3. The number of fused-ring (bicyclic) bond motifs is 2. The normalized spacial score (nSPS) is 14.9. The summed E-state index contributed by atoms with van der Waals surface area (Å²) in [6.07, 6.45) is 2.29. The van der Waals surface area contributed by atoms with Gasteiger partial charge < -0.3 is 14.8 Å². The number of nitrogens with one attached hydrogen (secondary N) is 1. The first-order valence-electron chi connectivity index (χ1n) is 10.2. The average molecular weight is 481 g/mol. The molecule has 3 heterocycles. The van der Waals surface area contributed by atoms with Crippen LogP contribution >= 0.6 is 15.9 Å². The van der Waals surface area contributed by atoms with Gasteiger partial charge in [0.2, 0.25) is 11.9 Å². The van der Waals surface area contributed by atoms with E-state index >= 15 is 0 Å². The summed E-state index contributed by atoms with van der Waals surface area (Å²) in [4.78, 5) is 42.1. The van der Waals surface area contributed by atoms with Crippen LogP contribution in [0.4, 0.5) is 5.95 Å². The smallest absolute Gasteiger partial charge is 0.261 e. The fraction of sp³-hybridized carbons (Fsp3) is 0.273. The van der Waals surface area contributed by atoms with Crippen LogP contribution in [-0.4, -0.2) is 56.5 Å². The average Bonchev–Trinajstić information content (AvgIpc) is 3.05. The van der Waals surface area contributed by atoms with Gasteiger partial charge in [-0.3, -0.25) is 14.2 Å². The molecule has 2 aromatic heterocycles. The molecule has 5 rings (SSSR count). The summed E-state index contributed by atoms with van der Waals surface area (Å²) < 4.78 is 2.19. The van der Waals surface area contributed by atoms with Crippen molar-refractivity contribution in [3.63, 3.8) is 0 Å². The highest BCUT2D eigenvalue weighted by Gasteiger charge is 2.21. The Labute approximate surface area is 186 Å². The van der Waals surface area contributed by atoms with E-state index in [-0.39, 0.29) is 18.0 Å². The van der Waals surface area contributed by atoms with Crippen molar-refractivity contribution in [3.05, 3.63) is 63.6 Å². The van der Waals surface area contributed by atoms with Crippen LogP contribution in [0.15, 0.2) is 58.1 Å². The third-order valence-electron chi connectivity index (χ3n) is 5.62. The Hall–Kier alpha value is -3.20. The van der Waals surface area contributed by atoms with Gasteiger partial charge in [-0.05, 0) is 36.8 Å². The summed E-state index contributed by atoms with van der Waals surface area (Å²) in [5.41, 5.74) is 2.35. The summed E-state index contributed by atoms with van der Waals surface area (Å²) in [6.45, 7) is 2.71. The van der Waals surface area contributed by atoms with E-state index in [1.54, 1.807) is 12.1 Å². The number of amides is 1. The molecule has 31 heavy (non-hydrogen) atoms. The van der Waals surface area contributed by atoms with Gasteiger partial charge in [0.15, 0.2) is 0 Å². The Bertz CT molecular complexity index is 1300. The van der Waals surface area contributed by atoms with Crippen LogP contribution in [0.3, 0.4) is 0 Å². The van der Waals surface area contributed by atoms with Gasteiger partial charge in [0.05, 0.1) is 28.3 Å². The molecule has 0 radical (unpaired) electrons. The number of para-hydroxylation sites is 2. The molecule has 2 aromatic carbocycles. The van der Waals surface area contributed by atoms with Crippen molar-refractivity contribution in [1.29, 1.82) is 0 Å². The van der Waals surface area contributed by atoms with E-state index in [0.29, 0.717) is 30.5 Å². The number of anilines is 1. The van der Waals surface area contributed by atoms with Crippen molar-refractivity contribution < 1.29 is 4.79 Å². The lowest BCUT2D eigenvalue weighted by molar-refractivity contribution is -0.131. The molecule has 0 unspecified atom stereocenters. The number of halogens is 1. The predicted molar refractivity (Wildman–Crippen MR) is 123 cm³/mol. The number of nitrogens with zero attached hydrogens (tertiary/aromatic N) is 5. The van der Waals surface area contributed by atoms with E-state index in [1.807, 2.05) is 35.2 Å². The van der Waals surface area contributed by atoms with Crippen LogP contribution in [0.25, 0.3) is 21.9 Å². The van der Waals surface area contributed by atoms with Crippen molar-refractivity contribution in [2.24, 2.45) is 0 Å². The third-order valence-corrected chi connectivity index (χ3v) is 6.11. The zero-order chi connectivity index (χ0) is 21.4. The van der Waals surface area contributed by atoms with Gasteiger partial charge in [-0.25, -0.2) is 9.97 Å². The summed E-state index contributed by atoms with van der Waals surface area (Å²) in [5, 5.41) is 0.497. The summed E-state index contributed by atoms with van der Waals surface area (Å²) in [7, 11) is 0. The summed E-state index contributed by atoms with van der Waals surface area (Å²) in [5.74, 6) is 0.751. The Morgan fingerprint density at radius 2 is 1.94 bits per heavy atom. The van der Waals surface area contributed by atoms with E-state index in [9.17, 15) is 9.59 Å². The molecule has 1 aliphatic heterocycles. The first kappa shape index (κ1) is 19.7. The second-order valence-electron chi connectivity index (χ2n) is 7.64. The molecule has 1 aliphatic rings. The lowest BCUT2D eigenvalue weighted by atomic mass is 10.2. The molecular weight excluding hydrogens is 460 g/mol. The Morgan fingerprint density at radius 1 is 1.06 bits per heavy atom. The SMILES string of the molecule is O=C(Cn1cnc2ccc(Br)cc2c1=O)N1CCCN(c2nc3ccccc3[nH]2)CC1. The zero-order valence-electron chi connectivity index (χ0n) is 16.8. The number of rotatable bonds is 3. The number of carbonyl (C=O) groups is 1. The monoisotopic (exact) mass is 480 g/mol. The van der Waals surface area contributed by atoms with Gasteiger partial charge in [-0.15, -0.1) is 0 Å². The number of carbonyl (C=O) groups excluding carboxylic acids is 1. The van der Waals surface area contributed by atoms with Crippen molar-refractivity contribution >= 4 is 49.7 Å². The van der Waals surface area contributed by atoms with Crippen LogP contribution in [-0.2, 0) is 11.3 Å². The third kappa shape index (κ3) is 3.93. The number of H-pyrrole nitrogens is 1. The number of hydrogen-bond donors (Lipinski definition) is 1. The van der Waals surface area contributed by atoms with Crippen molar-refractivity contribution in [3.8, 4) is 0 Å². The van der Waals surface area contributed by atoms with Crippen LogP contribution in [0, 0.1) is 0 Å². The number of hydrogen-bond acceptors (Lipinski definition) is 5. The molecule has 1 fully saturated rings. The molecule has 0 atom stereocenters. The first-order chi connectivity index (χ1) is 15.1. The molecule has 8 nitrogen and oxygen atoms in total. The molecule has 0 spiro atoms. The molecule has 0 bridgehead atoms. The standard InChI is InChI=1S/C22H21BrN6O2/c23-15-6-7-17-16(12-15)21(31)29(14-24-17)13-20(30)27-8-3-9-28(11-10-27)22-25-18-4-1-2-5-19(18)26-22/h1-2,4-7,12,14H,3,8-11,13H2,(H,25,26). The number of aromatic nitrogens is 4. The molecule has 1 N–H and O–H groups in total. The van der Waals surface area contributed by atoms with Crippen LogP contribution in [0.2, 0.25) is 0 Å². The van der Waals surface area contributed by atoms with Gasteiger partial charge in [-0.1, -0.05) is 28.1 Å². The van der Waals surface area contributed by atoms with Gasteiger partial charge in [-0.2, -0.15) is 0 Å². The number of imidazole rings is 1. The van der Waals surface area contributed by atoms with E-state index in [2.05, 4.69) is 35.8 Å². The fourth-order valence-electron chi connectivity index (χ4n) is 3.96. The summed E-state index contributed by atoms with van der Waals surface area (Å²) >= 11 is 3.39. The van der Waals surface area contributed by atoms with Crippen molar-refractivity contribution in [2.75, 3.05) is 31.1 Å². The highest BCUT2D eigenvalue weighted by atomic mass is 79.9. The second-order valence-corrected chi connectivity index (χ2v) is 8.55.